The Morgan fingerprint density at radius 1 is 1.14 bits per heavy atom. The molecule has 2 heterocycles. The summed E-state index contributed by atoms with van der Waals surface area (Å²) >= 11 is 1.30. The van der Waals surface area contributed by atoms with Crippen molar-refractivity contribution in [2.45, 2.75) is 30.1 Å². The van der Waals surface area contributed by atoms with E-state index in [1.807, 2.05) is 6.92 Å². The number of fused-ring (bicyclic) bond motifs is 1. The molecule has 0 saturated heterocycles. The fourth-order valence-corrected chi connectivity index (χ4v) is 3.27. The zero-order valence-electron chi connectivity index (χ0n) is 14.6. The lowest BCUT2D eigenvalue weighted by molar-refractivity contribution is -0.360. The van der Waals surface area contributed by atoms with Crippen LogP contribution in [0.25, 0.3) is 11.0 Å². The molecule has 0 fully saturated rings. The highest BCUT2D eigenvalue weighted by Gasteiger charge is 2.61. The summed E-state index contributed by atoms with van der Waals surface area (Å²) in [4.78, 5) is 11.4. The van der Waals surface area contributed by atoms with Gasteiger partial charge >= 0.3 is 12.3 Å². The molecule has 0 aliphatic heterocycles. The molecule has 5 nitrogen and oxygen atoms in total. The Morgan fingerprint density at radius 2 is 1.89 bits per heavy atom. The van der Waals surface area contributed by atoms with Crippen LogP contribution in [0.4, 0.5) is 22.0 Å². The van der Waals surface area contributed by atoms with Gasteiger partial charge < -0.3 is 14.5 Å². The van der Waals surface area contributed by atoms with Crippen molar-refractivity contribution in [3.05, 3.63) is 41.7 Å². The van der Waals surface area contributed by atoms with Crippen LogP contribution in [-0.4, -0.2) is 34.3 Å². The molecule has 0 unspecified atom stereocenters. The van der Waals surface area contributed by atoms with E-state index in [0.717, 1.165) is 23.4 Å². The van der Waals surface area contributed by atoms with Crippen molar-refractivity contribution < 1.29 is 31.4 Å². The number of methoxy groups -OCH3 is 1. The number of halogens is 5. The highest BCUT2D eigenvalue weighted by molar-refractivity contribution is 7.98. The molecule has 11 heteroatoms. The summed E-state index contributed by atoms with van der Waals surface area (Å²) in [6, 6.07) is 5.10. The van der Waals surface area contributed by atoms with Gasteiger partial charge in [-0.15, -0.1) is 0 Å². The molecule has 28 heavy (non-hydrogen) atoms. The second-order valence-electron chi connectivity index (χ2n) is 5.71. The molecule has 3 rings (SSSR count). The second kappa shape index (κ2) is 7.46. The summed E-state index contributed by atoms with van der Waals surface area (Å²) in [7, 11) is 1.56. The number of aromatic amines is 1. The maximum Gasteiger partial charge on any atom is 0.499 e. The highest BCUT2D eigenvalue weighted by Crippen LogP contribution is 2.38. The van der Waals surface area contributed by atoms with Crippen molar-refractivity contribution >= 4 is 22.8 Å². The molecule has 1 aromatic carbocycles. The van der Waals surface area contributed by atoms with E-state index in [1.165, 1.54) is 17.8 Å². The maximum atomic E-state index is 13.0. The van der Waals surface area contributed by atoms with E-state index in [1.54, 1.807) is 19.4 Å². The van der Waals surface area contributed by atoms with Gasteiger partial charge in [-0.3, -0.25) is 4.98 Å². The molecule has 0 aliphatic carbocycles. The molecule has 0 saturated carbocycles. The third-order valence-electron chi connectivity index (χ3n) is 3.83. The van der Waals surface area contributed by atoms with Crippen LogP contribution in [0.5, 0.6) is 11.5 Å². The predicted octanol–water partition coefficient (Wildman–Crippen LogP) is 5.10. The van der Waals surface area contributed by atoms with E-state index in [2.05, 4.69) is 19.7 Å². The number of pyridine rings is 1. The lowest BCUT2D eigenvalue weighted by atomic mass is 10.2. The molecule has 0 bridgehead atoms. The Balaban J connectivity index is 1.76. The van der Waals surface area contributed by atoms with Gasteiger partial charge in [-0.2, -0.15) is 22.0 Å². The normalized spacial score (nSPS) is 12.4. The van der Waals surface area contributed by atoms with E-state index >= 15 is 0 Å². The second-order valence-corrected chi connectivity index (χ2v) is 6.68. The van der Waals surface area contributed by atoms with Crippen LogP contribution in [0.1, 0.15) is 11.3 Å². The average Bonchev–Trinajstić information content (AvgIpc) is 3.01. The first-order valence-electron chi connectivity index (χ1n) is 7.85. The molecule has 1 N–H and O–H groups in total. The van der Waals surface area contributed by atoms with Crippen molar-refractivity contribution in [3.8, 4) is 11.5 Å². The molecule has 150 valence electrons. The van der Waals surface area contributed by atoms with Gasteiger partial charge in [0.25, 0.3) is 0 Å². The summed E-state index contributed by atoms with van der Waals surface area (Å²) < 4.78 is 71.9. The zero-order chi connectivity index (χ0) is 20.5. The molecule has 0 radical (unpaired) electrons. The first-order chi connectivity index (χ1) is 13.1. The topological polar surface area (TPSA) is 60.0 Å². The Bertz CT molecular complexity index is 991. The van der Waals surface area contributed by atoms with Gasteiger partial charge in [0.1, 0.15) is 11.5 Å². The van der Waals surface area contributed by atoms with Crippen LogP contribution < -0.4 is 9.47 Å². The zero-order valence-corrected chi connectivity index (χ0v) is 15.4. The quantitative estimate of drug-likeness (QED) is 0.445. The Hall–Kier alpha value is -2.56. The summed E-state index contributed by atoms with van der Waals surface area (Å²) in [6.45, 7) is 1.87. The lowest BCUT2D eigenvalue weighted by Gasteiger charge is -2.19. The summed E-state index contributed by atoms with van der Waals surface area (Å²) in [5.41, 5.74) is 2.33. The maximum absolute atomic E-state index is 13.0. The van der Waals surface area contributed by atoms with E-state index in [0.29, 0.717) is 22.2 Å². The van der Waals surface area contributed by atoms with Gasteiger partial charge in [-0.1, -0.05) is 11.8 Å². The Kier molecular flexibility index (Phi) is 5.37. The molecular formula is C17H14F5N3O2S. The van der Waals surface area contributed by atoms with Crippen molar-refractivity contribution in [2.75, 3.05) is 7.11 Å². The minimum atomic E-state index is -5.81. The van der Waals surface area contributed by atoms with Gasteiger partial charge in [-0.25, -0.2) is 4.98 Å². The third kappa shape index (κ3) is 4.13. The van der Waals surface area contributed by atoms with E-state index in [4.69, 9.17) is 4.74 Å². The molecule has 0 atom stereocenters. The van der Waals surface area contributed by atoms with Gasteiger partial charge in [-0.05, 0) is 25.1 Å². The minimum absolute atomic E-state index is 0.202. The molecule has 2 aromatic heterocycles. The number of aromatic nitrogens is 3. The van der Waals surface area contributed by atoms with Crippen molar-refractivity contribution in [1.82, 2.24) is 15.0 Å². The molecule has 0 spiro atoms. The lowest BCUT2D eigenvalue weighted by Crippen LogP contribution is -2.41. The molecule has 3 aromatic rings. The molecule has 0 amide bonds. The fraction of sp³-hybridized carbons (Fsp3) is 0.294. The molecular weight excluding hydrogens is 405 g/mol. The van der Waals surface area contributed by atoms with Gasteiger partial charge in [0, 0.05) is 23.6 Å². The summed E-state index contributed by atoms with van der Waals surface area (Å²) in [5.74, 6) is 0.518. The number of rotatable bonds is 6. The smallest absolute Gasteiger partial charge is 0.496 e. The van der Waals surface area contributed by atoms with Crippen LogP contribution in [-0.2, 0) is 5.75 Å². The first-order valence-corrected chi connectivity index (χ1v) is 8.84. The third-order valence-corrected chi connectivity index (χ3v) is 4.72. The molecule has 0 aliphatic rings. The van der Waals surface area contributed by atoms with Gasteiger partial charge in [0.05, 0.1) is 23.8 Å². The van der Waals surface area contributed by atoms with Crippen LogP contribution >= 0.6 is 11.8 Å². The average molecular weight is 419 g/mol. The van der Waals surface area contributed by atoms with E-state index < -0.39 is 18.0 Å². The number of nitrogens with one attached hydrogen (secondary N) is 1. The number of imidazole rings is 1. The van der Waals surface area contributed by atoms with E-state index in [-0.39, 0.29) is 5.52 Å². The van der Waals surface area contributed by atoms with Crippen LogP contribution in [0.2, 0.25) is 0 Å². The van der Waals surface area contributed by atoms with Crippen LogP contribution in [0, 0.1) is 6.92 Å². The first kappa shape index (κ1) is 20.2. The number of benzene rings is 1. The summed E-state index contributed by atoms with van der Waals surface area (Å²) in [6.07, 6.45) is -9.48. The minimum Gasteiger partial charge on any atom is -0.496 e. The van der Waals surface area contributed by atoms with Crippen molar-refractivity contribution in [1.29, 1.82) is 0 Å². The number of nitrogens with zero attached hydrogens (tertiary/aromatic N) is 2. The predicted molar refractivity (Wildman–Crippen MR) is 92.8 cm³/mol. The Labute approximate surface area is 160 Å². The van der Waals surface area contributed by atoms with Crippen LogP contribution in [0.3, 0.4) is 0 Å². The SMILES string of the molecule is COc1ccnc(CSc2nc3cc(OC(F)(F)C(F)(F)F)ccc3[nH]2)c1C. The standard InChI is InChI=1S/C17H14F5N3O2S/c1-9-13(23-6-5-14(9)26-2)8-28-15-24-11-4-3-10(7-12(11)25-15)27-17(21,22)16(18,19)20/h3-7H,8H2,1-2H3,(H,24,25). The Morgan fingerprint density at radius 3 is 2.57 bits per heavy atom. The highest BCUT2D eigenvalue weighted by atomic mass is 32.2. The number of hydrogen-bond donors (Lipinski definition) is 1. The summed E-state index contributed by atoms with van der Waals surface area (Å²) in [5, 5.41) is 0.457. The number of H-pyrrole nitrogens is 1. The number of alkyl halides is 5. The van der Waals surface area contributed by atoms with E-state index in [9.17, 15) is 22.0 Å². The largest absolute Gasteiger partial charge is 0.499 e. The fourth-order valence-electron chi connectivity index (χ4n) is 2.36. The van der Waals surface area contributed by atoms with Crippen molar-refractivity contribution in [3.63, 3.8) is 0 Å². The van der Waals surface area contributed by atoms with Gasteiger partial charge in [0.15, 0.2) is 5.16 Å². The van der Waals surface area contributed by atoms with Crippen LogP contribution in [0.15, 0.2) is 35.6 Å². The number of hydrogen-bond acceptors (Lipinski definition) is 5. The monoisotopic (exact) mass is 419 g/mol. The number of thioether (sulfide) groups is 1. The van der Waals surface area contributed by atoms with Gasteiger partial charge in [0.2, 0.25) is 0 Å². The number of ether oxygens (including phenoxy) is 2. The van der Waals surface area contributed by atoms with Crippen molar-refractivity contribution in [2.24, 2.45) is 0 Å².